The molecule has 0 fully saturated rings. The van der Waals surface area contributed by atoms with Gasteiger partial charge in [-0.25, -0.2) is 9.37 Å². The molecule has 2 rings (SSSR count). The zero-order valence-electron chi connectivity index (χ0n) is 9.98. The van der Waals surface area contributed by atoms with Crippen LogP contribution in [-0.4, -0.2) is 23.2 Å². The molecule has 0 saturated carbocycles. The van der Waals surface area contributed by atoms with Crippen LogP contribution in [0.4, 0.5) is 4.39 Å². The van der Waals surface area contributed by atoms with E-state index in [1.165, 1.54) is 12.1 Å². The number of nitrogens with zero attached hydrogens (tertiary/aromatic N) is 2. The third-order valence-corrected chi connectivity index (χ3v) is 2.84. The van der Waals surface area contributed by atoms with Crippen LogP contribution in [0.5, 0.6) is 0 Å². The molecule has 0 aliphatic carbocycles. The lowest BCUT2D eigenvalue weighted by Gasteiger charge is -2.14. The Balaban J connectivity index is 2.62. The summed E-state index contributed by atoms with van der Waals surface area (Å²) >= 11 is 0. The van der Waals surface area contributed by atoms with E-state index in [4.69, 9.17) is 10.5 Å². The van der Waals surface area contributed by atoms with Crippen molar-refractivity contribution < 1.29 is 9.13 Å². The smallest absolute Gasteiger partial charge is 0.140 e. The Morgan fingerprint density at radius 1 is 1.53 bits per heavy atom. The van der Waals surface area contributed by atoms with Crippen LogP contribution in [0.3, 0.4) is 0 Å². The Hall–Kier alpha value is -1.46. The van der Waals surface area contributed by atoms with Crippen LogP contribution in [0.25, 0.3) is 11.0 Å². The molecule has 92 valence electrons. The molecule has 0 radical (unpaired) electrons. The van der Waals surface area contributed by atoms with Crippen molar-refractivity contribution in [3.05, 3.63) is 29.8 Å². The topological polar surface area (TPSA) is 53.1 Å². The maximum atomic E-state index is 13.1. The van der Waals surface area contributed by atoms with Gasteiger partial charge in [0, 0.05) is 26.3 Å². The first-order valence-electron chi connectivity index (χ1n) is 5.59. The second-order valence-electron chi connectivity index (χ2n) is 3.81. The standard InChI is InChI=1S/C12H16FN3O/c1-3-16-10-5-4-8(13)6-9(10)15-12(16)11(7-14)17-2/h4-6,11H,3,7,14H2,1-2H3. The summed E-state index contributed by atoms with van der Waals surface area (Å²) in [5.41, 5.74) is 7.18. The second kappa shape index (κ2) is 4.81. The van der Waals surface area contributed by atoms with Crippen molar-refractivity contribution in [2.45, 2.75) is 19.6 Å². The minimum absolute atomic E-state index is 0.259. The number of halogens is 1. The molecule has 0 amide bonds. The Morgan fingerprint density at radius 2 is 2.29 bits per heavy atom. The van der Waals surface area contributed by atoms with E-state index in [0.717, 1.165) is 17.9 Å². The first-order valence-corrected chi connectivity index (χ1v) is 5.59. The lowest BCUT2D eigenvalue weighted by atomic mass is 10.3. The van der Waals surface area contributed by atoms with E-state index in [1.807, 2.05) is 11.5 Å². The van der Waals surface area contributed by atoms with E-state index >= 15 is 0 Å². The molecule has 17 heavy (non-hydrogen) atoms. The summed E-state index contributed by atoms with van der Waals surface area (Å²) in [6.45, 7) is 3.11. The van der Waals surface area contributed by atoms with Crippen LogP contribution >= 0.6 is 0 Å². The number of aryl methyl sites for hydroxylation is 1. The van der Waals surface area contributed by atoms with E-state index < -0.39 is 0 Å². The van der Waals surface area contributed by atoms with Gasteiger partial charge in [0.1, 0.15) is 17.7 Å². The van der Waals surface area contributed by atoms with E-state index in [-0.39, 0.29) is 11.9 Å². The average molecular weight is 237 g/mol. The largest absolute Gasteiger partial charge is 0.372 e. The number of benzene rings is 1. The third-order valence-electron chi connectivity index (χ3n) is 2.84. The Labute approximate surface area is 99.2 Å². The van der Waals surface area contributed by atoms with E-state index in [2.05, 4.69) is 4.98 Å². The van der Waals surface area contributed by atoms with Crippen molar-refractivity contribution in [3.63, 3.8) is 0 Å². The molecule has 0 aliphatic heterocycles. The molecule has 1 heterocycles. The highest BCUT2D eigenvalue weighted by Gasteiger charge is 2.18. The molecule has 0 spiro atoms. The van der Waals surface area contributed by atoms with Crippen molar-refractivity contribution >= 4 is 11.0 Å². The second-order valence-corrected chi connectivity index (χ2v) is 3.81. The molecule has 1 unspecified atom stereocenters. The van der Waals surface area contributed by atoms with E-state index in [9.17, 15) is 4.39 Å². The van der Waals surface area contributed by atoms with Crippen LogP contribution in [0.1, 0.15) is 18.9 Å². The lowest BCUT2D eigenvalue weighted by Crippen LogP contribution is -2.18. The third kappa shape index (κ3) is 2.03. The molecule has 1 atom stereocenters. The maximum absolute atomic E-state index is 13.1. The van der Waals surface area contributed by atoms with Gasteiger partial charge < -0.3 is 15.0 Å². The number of nitrogens with two attached hydrogens (primary N) is 1. The molecule has 1 aromatic heterocycles. The number of rotatable bonds is 4. The molecule has 1 aromatic carbocycles. The zero-order chi connectivity index (χ0) is 12.4. The van der Waals surface area contributed by atoms with Gasteiger partial charge in [-0.05, 0) is 19.1 Å². The summed E-state index contributed by atoms with van der Waals surface area (Å²) in [7, 11) is 1.59. The van der Waals surface area contributed by atoms with Gasteiger partial charge >= 0.3 is 0 Å². The number of fused-ring (bicyclic) bond motifs is 1. The zero-order valence-corrected chi connectivity index (χ0v) is 9.98. The van der Waals surface area contributed by atoms with Gasteiger partial charge in [-0.1, -0.05) is 0 Å². The Bertz CT molecular complexity index is 520. The Morgan fingerprint density at radius 3 is 2.88 bits per heavy atom. The molecule has 0 bridgehead atoms. The summed E-state index contributed by atoms with van der Waals surface area (Å²) < 4.78 is 20.4. The quantitative estimate of drug-likeness (QED) is 0.882. The summed E-state index contributed by atoms with van der Waals surface area (Å²) in [5, 5.41) is 0. The molecular weight excluding hydrogens is 221 g/mol. The minimum Gasteiger partial charge on any atom is -0.372 e. The van der Waals surface area contributed by atoms with Crippen LogP contribution < -0.4 is 5.73 Å². The van der Waals surface area contributed by atoms with Crippen LogP contribution in [0.15, 0.2) is 18.2 Å². The summed E-state index contributed by atoms with van der Waals surface area (Å²) in [4.78, 5) is 4.40. The highest BCUT2D eigenvalue weighted by atomic mass is 19.1. The van der Waals surface area contributed by atoms with E-state index in [1.54, 1.807) is 13.2 Å². The molecule has 0 aliphatic rings. The van der Waals surface area contributed by atoms with Gasteiger partial charge in [-0.3, -0.25) is 0 Å². The number of methoxy groups -OCH3 is 1. The first kappa shape index (κ1) is 12.0. The van der Waals surface area contributed by atoms with Crippen molar-refractivity contribution in [1.29, 1.82) is 0 Å². The average Bonchev–Trinajstić information content (AvgIpc) is 2.68. The molecule has 4 nitrogen and oxygen atoms in total. The fourth-order valence-electron chi connectivity index (χ4n) is 2.01. The van der Waals surface area contributed by atoms with Gasteiger partial charge in [0.05, 0.1) is 11.0 Å². The SMILES string of the molecule is CCn1c(C(CN)OC)nc2cc(F)ccc21. The highest BCUT2D eigenvalue weighted by molar-refractivity contribution is 5.76. The van der Waals surface area contributed by atoms with Crippen molar-refractivity contribution in [2.75, 3.05) is 13.7 Å². The van der Waals surface area contributed by atoms with Crippen molar-refractivity contribution in [2.24, 2.45) is 5.73 Å². The van der Waals surface area contributed by atoms with Gasteiger partial charge in [0.25, 0.3) is 0 Å². The number of hydrogen-bond donors (Lipinski definition) is 1. The summed E-state index contributed by atoms with van der Waals surface area (Å²) in [6, 6.07) is 4.59. The summed E-state index contributed by atoms with van der Waals surface area (Å²) in [6.07, 6.45) is -0.259. The Kier molecular flexibility index (Phi) is 3.40. The van der Waals surface area contributed by atoms with Gasteiger partial charge in [0.2, 0.25) is 0 Å². The highest BCUT2D eigenvalue weighted by Crippen LogP contribution is 2.22. The number of imidazole rings is 1. The normalized spacial score (nSPS) is 13.2. The monoisotopic (exact) mass is 237 g/mol. The van der Waals surface area contributed by atoms with Crippen molar-refractivity contribution in [1.82, 2.24) is 9.55 Å². The molecule has 2 aromatic rings. The molecule has 5 heteroatoms. The fourth-order valence-corrected chi connectivity index (χ4v) is 2.01. The van der Waals surface area contributed by atoms with Gasteiger partial charge in [-0.2, -0.15) is 0 Å². The number of ether oxygens (including phenoxy) is 1. The van der Waals surface area contributed by atoms with Crippen LogP contribution in [0, 0.1) is 5.82 Å². The molecule has 0 saturated heterocycles. The number of aromatic nitrogens is 2. The van der Waals surface area contributed by atoms with Crippen molar-refractivity contribution in [3.8, 4) is 0 Å². The van der Waals surface area contributed by atoms with Gasteiger partial charge in [0.15, 0.2) is 0 Å². The van der Waals surface area contributed by atoms with E-state index in [0.29, 0.717) is 12.1 Å². The first-order chi connectivity index (χ1) is 8.21. The number of hydrogen-bond acceptors (Lipinski definition) is 3. The predicted molar refractivity (Wildman–Crippen MR) is 64.2 cm³/mol. The fraction of sp³-hybridized carbons (Fsp3) is 0.417. The minimum atomic E-state index is -0.286. The predicted octanol–water partition coefficient (Wildman–Crippen LogP) is 1.84. The lowest BCUT2D eigenvalue weighted by molar-refractivity contribution is 0.100. The van der Waals surface area contributed by atoms with Crippen LogP contribution in [0.2, 0.25) is 0 Å². The molecule has 2 N–H and O–H groups in total. The van der Waals surface area contributed by atoms with Gasteiger partial charge in [-0.15, -0.1) is 0 Å². The van der Waals surface area contributed by atoms with Crippen LogP contribution in [-0.2, 0) is 11.3 Å². The molecular formula is C12H16FN3O. The summed E-state index contributed by atoms with van der Waals surface area (Å²) in [5.74, 6) is 0.463. The maximum Gasteiger partial charge on any atom is 0.140 e.